The van der Waals surface area contributed by atoms with Crippen molar-refractivity contribution in [2.75, 3.05) is 6.61 Å². The minimum Gasteiger partial charge on any atom is -0.481 e. The van der Waals surface area contributed by atoms with E-state index in [9.17, 15) is 18.4 Å². The van der Waals surface area contributed by atoms with Crippen LogP contribution in [-0.2, 0) is 14.3 Å². The Bertz CT molecular complexity index is 399. The summed E-state index contributed by atoms with van der Waals surface area (Å²) in [6, 6.07) is 0. The standard InChI is InChI=1S/C12H14F2O4/c1-4-8(10(14)7(3)13)6-9(11(15)16)12(17)18-5-2/h4,9H,1,3,5-6H2,2H3,(H,15,16)/b10-8-. The minimum atomic E-state index is -1.61. The van der Waals surface area contributed by atoms with Crippen LogP contribution in [0.25, 0.3) is 0 Å². The Labute approximate surface area is 103 Å². The van der Waals surface area contributed by atoms with Crippen molar-refractivity contribution in [2.24, 2.45) is 5.92 Å². The summed E-state index contributed by atoms with van der Waals surface area (Å²) in [6.45, 7) is 7.48. The van der Waals surface area contributed by atoms with E-state index in [1.54, 1.807) is 0 Å². The molecule has 0 radical (unpaired) electrons. The van der Waals surface area contributed by atoms with Crippen molar-refractivity contribution in [1.29, 1.82) is 0 Å². The highest BCUT2D eigenvalue weighted by Crippen LogP contribution is 2.23. The van der Waals surface area contributed by atoms with Gasteiger partial charge in [0.2, 0.25) is 0 Å². The van der Waals surface area contributed by atoms with Crippen LogP contribution in [0.1, 0.15) is 13.3 Å². The highest BCUT2D eigenvalue weighted by Gasteiger charge is 2.29. The van der Waals surface area contributed by atoms with Crippen molar-refractivity contribution in [3.05, 3.63) is 36.5 Å². The summed E-state index contributed by atoms with van der Waals surface area (Å²) in [5.74, 6) is -6.77. The monoisotopic (exact) mass is 260 g/mol. The molecule has 0 fully saturated rings. The smallest absolute Gasteiger partial charge is 0.320 e. The lowest BCUT2D eigenvalue weighted by atomic mass is 9.98. The van der Waals surface area contributed by atoms with Gasteiger partial charge in [-0.15, -0.1) is 0 Å². The number of carbonyl (C=O) groups excluding carboxylic acids is 1. The lowest BCUT2D eigenvalue weighted by Gasteiger charge is -2.12. The third kappa shape index (κ3) is 4.48. The maximum absolute atomic E-state index is 13.3. The van der Waals surface area contributed by atoms with Gasteiger partial charge in [-0.05, 0) is 18.9 Å². The molecule has 0 aromatic rings. The zero-order chi connectivity index (χ0) is 14.3. The molecular weight excluding hydrogens is 246 g/mol. The molecule has 1 atom stereocenters. The van der Waals surface area contributed by atoms with Crippen molar-refractivity contribution in [1.82, 2.24) is 0 Å². The number of halogens is 2. The van der Waals surface area contributed by atoms with Crippen LogP contribution >= 0.6 is 0 Å². The number of carbonyl (C=O) groups is 2. The Morgan fingerprint density at radius 2 is 2.00 bits per heavy atom. The van der Waals surface area contributed by atoms with Gasteiger partial charge in [0.1, 0.15) is 0 Å². The van der Waals surface area contributed by atoms with E-state index in [2.05, 4.69) is 17.9 Å². The van der Waals surface area contributed by atoms with Crippen molar-refractivity contribution in [3.8, 4) is 0 Å². The molecule has 18 heavy (non-hydrogen) atoms. The fraction of sp³-hybridized carbons (Fsp3) is 0.333. The number of allylic oxidation sites excluding steroid dienone is 4. The van der Waals surface area contributed by atoms with Gasteiger partial charge >= 0.3 is 11.9 Å². The molecule has 0 bridgehead atoms. The number of esters is 1. The first-order valence-corrected chi connectivity index (χ1v) is 5.10. The van der Waals surface area contributed by atoms with Crippen LogP contribution in [-0.4, -0.2) is 23.7 Å². The second-order valence-electron chi connectivity index (χ2n) is 3.30. The minimum absolute atomic E-state index is 0.00590. The summed E-state index contributed by atoms with van der Waals surface area (Å²) in [7, 11) is 0. The average Bonchev–Trinajstić information content (AvgIpc) is 2.29. The van der Waals surface area contributed by atoms with Crippen molar-refractivity contribution in [3.63, 3.8) is 0 Å². The molecule has 0 aliphatic carbocycles. The lowest BCUT2D eigenvalue weighted by Crippen LogP contribution is -2.26. The van der Waals surface area contributed by atoms with E-state index in [4.69, 9.17) is 5.11 Å². The largest absolute Gasteiger partial charge is 0.481 e. The van der Waals surface area contributed by atoms with Gasteiger partial charge in [0.05, 0.1) is 6.61 Å². The molecule has 6 heteroatoms. The number of hydrogen-bond acceptors (Lipinski definition) is 3. The fourth-order valence-electron chi connectivity index (χ4n) is 1.17. The van der Waals surface area contributed by atoms with Crippen molar-refractivity contribution < 1.29 is 28.2 Å². The van der Waals surface area contributed by atoms with Crippen molar-refractivity contribution >= 4 is 11.9 Å². The molecule has 0 saturated heterocycles. The summed E-state index contributed by atoms with van der Waals surface area (Å²) in [5.41, 5.74) is -0.344. The summed E-state index contributed by atoms with van der Waals surface area (Å²) in [6.07, 6.45) is 0.391. The van der Waals surface area contributed by atoms with Crippen LogP contribution in [0.3, 0.4) is 0 Å². The van der Waals surface area contributed by atoms with Crippen LogP contribution < -0.4 is 0 Å². The highest BCUT2D eigenvalue weighted by molar-refractivity contribution is 5.94. The normalized spacial score (nSPS) is 13.3. The van der Waals surface area contributed by atoms with Gasteiger partial charge in [0.15, 0.2) is 17.6 Å². The van der Waals surface area contributed by atoms with E-state index in [0.29, 0.717) is 0 Å². The molecular formula is C12H14F2O4. The Kier molecular flexibility index (Phi) is 6.56. The molecule has 1 unspecified atom stereocenters. The molecule has 0 aliphatic rings. The second kappa shape index (κ2) is 7.37. The van der Waals surface area contributed by atoms with Crippen LogP contribution in [0.15, 0.2) is 36.5 Å². The van der Waals surface area contributed by atoms with E-state index in [0.717, 1.165) is 6.08 Å². The third-order valence-corrected chi connectivity index (χ3v) is 2.06. The molecule has 4 nitrogen and oxygen atoms in total. The number of hydrogen-bond donors (Lipinski definition) is 1. The van der Waals surface area contributed by atoms with Crippen molar-refractivity contribution in [2.45, 2.75) is 13.3 Å². The molecule has 0 aliphatic heterocycles. The Balaban J connectivity index is 5.15. The molecule has 1 N–H and O–H groups in total. The first-order chi connectivity index (χ1) is 8.34. The fourth-order valence-corrected chi connectivity index (χ4v) is 1.17. The van der Waals surface area contributed by atoms with E-state index >= 15 is 0 Å². The van der Waals surface area contributed by atoms with Crippen LogP contribution in [0.4, 0.5) is 8.78 Å². The first-order valence-electron chi connectivity index (χ1n) is 5.10. The first kappa shape index (κ1) is 16.0. The Morgan fingerprint density at radius 1 is 1.44 bits per heavy atom. The topological polar surface area (TPSA) is 63.6 Å². The van der Waals surface area contributed by atoms with Gasteiger partial charge in [-0.1, -0.05) is 19.2 Å². The predicted octanol–water partition coefficient (Wildman–Crippen LogP) is 2.53. The number of carboxylic acid groups (broad SMARTS) is 1. The van der Waals surface area contributed by atoms with Gasteiger partial charge in [0, 0.05) is 0 Å². The molecule has 0 heterocycles. The summed E-state index contributed by atoms with van der Waals surface area (Å²) < 4.78 is 30.4. The zero-order valence-electron chi connectivity index (χ0n) is 9.91. The van der Waals surface area contributed by atoms with E-state index in [1.165, 1.54) is 6.92 Å². The highest BCUT2D eigenvalue weighted by atomic mass is 19.2. The molecule has 100 valence electrons. The van der Waals surface area contributed by atoms with Gasteiger partial charge < -0.3 is 9.84 Å². The lowest BCUT2D eigenvalue weighted by molar-refractivity contribution is -0.158. The Morgan fingerprint density at radius 3 is 2.33 bits per heavy atom. The van der Waals surface area contributed by atoms with Gasteiger partial charge in [0.25, 0.3) is 0 Å². The molecule has 0 aromatic heterocycles. The molecule has 0 amide bonds. The second-order valence-corrected chi connectivity index (χ2v) is 3.30. The maximum Gasteiger partial charge on any atom is 0.320 e. The maximum atomic E-state index is 13.3. The number of ether oxygens (including phenoxy) is 1. The SMILES string of the molecule is C=C/C(CC(C(=O)O)C(=O)OCC)=C(/F)C(=C)F. The van der Waals surface area contributed by atoms with E-state index in [-0.39, 0.29) is 12.2 Å². The summed E-state index contributed by atoms with van der Waals surface area (Å²) in [5, 5.41) is 8.84. The quantitative estimate of drug-likeness (QED) is 0.434. The van der Waals surface area contributed by atoms with E-state index < -0.39 is 35.9 Å². The molecule has 0 aromatic carbocycles. The summed E-state index contributed by atoms with van der Waals surface area (Å²) in [4.78, 5) is 22.2. The summed E-state index contributed by atoms with van der Waals surface area (Å²) >= 11 is 0. The third-order valence-electron chi connectivity index (χ3n) is 2.06. The number of rotatable bonds is 7. The molecule has 0 saturated carbocycles. The van der Waals surface area contributed by atoms with Crippen LogP contribution in [0.5, 0.6) is 0 Å². The van der Waals surface area contributed by atoms with Gasteiger partial charge in [-0.3, -0.25) is 9.59 Å². The molecule has 0 spiro atoms. The van der Waals surface area contributed by atoms with E-state index in [1.807, 2.05) is 0 Å². The number of aliphatic carboxylic acids is 1. The van der Waals surface area contributed by atoms with Gasteiger partial charge in [-0.2, -0.15) is 0 Å². The van der Waals surface area contributed by atoms with Gasteiger partial charge in [-0.25, -0.2) is 8.78 Å². The predicted molar refractivity (Wildman–Crippen MR) is 61.0 cm³/mol. The molecule has 0 rings (SSSR count). The Hall–Kier alpha value is -1.98. The zero-order valence-corrected chi connectivity index (χ0v) is 9.91. The van der Waals surface area contributed by atoms with Crippen LogP contribution in [0.2, 0.25) is 0 Å². The van der Waals surface area contributed by atoms with Crippen LogP contribution in [0, 0.1) is 5.92 Å². The average molecular weight is 260 g/mol. The number of carboxylic acids is 1.